The number of hydrogen-bond donors (Lipinski definition) is 2. The van der Waals surface area contributed by atoms with Crippen LogP contribution in [0.5, 0.6) is 0 Å². The monoisotopic (exact) mass is 294 g/mol. The van der Waals surface area contributed by atoms with Gasteiger partial charge in [0.25, 0.3) is 10.0 Å². The molecule has 0 aliphatic rings. The first-order valence-electron chi connectivity index (χ1n) is 5.96. The van der Waals surface area contributed by atoms with E-state index in [2.05, 4.69) is 4.72 Å². The summed E-state index contributed by atoms with van der Waals surface area (Å²) in [7, 11) is -3.88. The summed E-state index contributed by atoms with van der Waals surface area (Å²) in [5.74, 6) is -0.616. The van der Waals surface area contributed by atoms with Gasteiger partial charge in [0.15, 0.2) is 0 Å². The number of rotatable bonds is 3. The third-order valence-electron chi connectivity index (χ3n) is 3.07. The van der Waals surface area contributed by atoms with E-state index in [0.717, 1.165) is 0 Å². The molecule has 0 bridgehead atoms. The van der Waals surface area contributed by atoms with Crippen molar-refractivity contribution in [3.05, 3.63) is 53.3 Å². The Hall–Kier alpha value is -2.08. The molecule has 0 aromatic heterocycles. The average molecular weight is 294 g/mol. The van der Waals surface area contributed by atoms with Gasteiger partial charge in [-0.25, -0.2) is 12.8 Å². The lowest BCUT2D eigenvalue weighted by Crippen LogP contribution is -2.16. The van der Waals surface area contributed by atoms with Gasteiger partial charge in [-0.1, -0.05) is 18.2 Å². The van der Waals surface area contributed by atoms with E-state index in [-0.39, 0.29) is 10.6 Å². The lowest BCUT2D eigenvalue weighted by atomic mass is 10.2. The van der Waals surface area contributed by atoms with Gasteiger partial charge < -0.3 is 5.73 Å². The SMILES string of the molecule is Cc1cccc(F)c1NS(=O)(=O)c1cccc(N)c1C. The van der Waals surface area contributed by atoms with Crippen LogP contribution < -0.4 is 10.5 Å². The minimum Gasteiger partial charge on any atom is -0.398 e. The summed E-state index contributed by atoms with van der Waals surface area (Å²) in [6.07, 6.45) is 0. The highest BCUT2D eigenvalue weighted by molar-refractivity contribution is 7.92. The number of para-hydroxylation sites is 1. The van der Waals surface area contributed by atoms with Crippen LogP contribution in [0, 0.1) is 19.7 Å². The lowest BCUT2D eigenvalue weighted by Gasteiger charge is -2.13. The van der Waals surface area contributed by atoms with E-state index in [1.54, 1.807) is 32.0 Å². The number of benzene rings is 2. The molecule has 3 N–H and O–H groups in total. The van der Waals surface area contributed by atoms with Gasteiger partial charge in [0.1, 0.15) is 5.82 Å². The molecule has 0 atom stereocenters. The molecule has 4 nitrogen and oxygen atoms in total. The molecule has 0 radical (unpaired) electrons. The van der Waals surface area contributed by atoms with E-state index in [4.69, 9.17) is 5.73 Å². The van der Waals surface area contributed by atoms with Crippen molar-refractivity contribution in [2.24, 2.45) is 0 Å². The molecule has 106 valence electrons. The van der Waals surface area contributed by atoms with Gasteiger partial charge in [0, 0.05) is 5.69 Å². The van der Waals surface area contributed by atoms with E-state index in [9.17, 15) is 12.8 Å². The molecule has 2 aromatic carbocycles. The first-order valence-corrected chi connectivity index (χ1v) is 7.44. The number of aryl methyl sites for hydroxylation is 1. The van der Waals surface area contributed by atoms with Crippen molar-refractivity contribution >= 4 is 21.4 Å². The number of hydrogen-bond acceptors (Lipinski definition) is 3. The van der Waals surface area contributed by atoms with Gasteiger partial charge in [-0.3, -0.25) is 4.72 Å². The Bertz CT molecular complexity index is 738. The first kappa shape index (κ1) is 14.3. The number of sulfonamides is 1. The molecule has 0 fully saturated rings. The molecule has 0 aliphatic carbocycles. The Morgan fingerprint density at radius 1 is 1.10 bits per heavy atom. The topological polar surface area (TPSA) is 72.2 Å². The van der Waals surface area contributed by atoms with E-state index in [1.807, 2.05) is 0 Å². The Morgan fingerprint density at radius 2 is 1.75 bits per heavy atom. The Morgan fingerprint density at radius 3 is 2.40 bits per heavy atom. The summed E-state index contributed by atoms with van der Waals surface area (Å²) in [5, 5.41) is 0. The lowest BCUT2D eigenvalue weighted by molar-refractivity contribution is 0.598. The van der Waals surface area contributed by atoms with Gasteiger partial charge in [-0.15, -0.1) is 0 Å². The fourth-order valence-electron chi connectivity index (χ4n) is 1.87. The number of nitrogen functional groups attached to an aromatic ring is 1. The zero-order valence-corrected chi connectivity index (χ0v) is 12.0. The molecular weight excluding hydrogens is 279 g/mol. The summed E-state index contributed by atoms with van der Waals surface area (Å²) in [6.45, 7) is 3.24. The highest BCUT2D eigenvalue weighted by Crippen LogP contribution is 2.26. The molecule has 0 spiro atoms. The smallest absolute Gasteiger partial charge is 0.262 e. The van der Waals surface area contributed by atoms with Crippen LogP contribution in [0.1, 0.15) is 11.1 Å². The Balaban J connectivity index is 2.50. The van der Waals surface area contributed by atoms with Crippen LogP contribution in [0.4, 0.5) is 15.8 Å². The van der Waals surface area contributed by atoms with Crippen molar-refractivity contribution in [3.8, 4) is 0 Å². The zero-order valence-electron chi connectivity index (χ0n) is 11.1. The van der Waals surface area contributed by atoms with E-state index in [1.165, 1.54) is 18.2 Å². The second-order valence-corrected chi connectivity index (χ2v) is 6.16. The minimum absolute atomic E-state index is 0.0418. The summed E-state index contributed by atoms with van der Waals surface area (Å²) in [4.78, 5) is 0.0418. The maximum absolute atomic E-state index is 13.7. The van der Waals surface area contributed by atoms with Crippen molar-refractivity contribution in [2.45, 2.75) is 18.7 Å². The van der Waals surface area contributed by atoms with Crippen molar-refractivity contribution < 1.29 is 12.8 Å². The normalized spacial score (nSPS) is 11.3. The van der Waals surface area contributed by atoms with Gasteiger partial charge in [-0.05, 0) is 43.2 Å². The molecule has 6 heteroatoms. The molecule has 0 unspecified atom stereocenters. The predicted molar refractivity (Wildman–Crippen MR) is 77.5 cm³/mol. The van der Waals surface area contributed by atoms with Gasteiger partial charge in [0.05, 0.1) is 10.6 Å². The Kier molecular flexibility index (Phi) is 3.67. The van der Waals surface area contributed by atoms with Crippen molar-refractivity contribution in [1.29, 1.82) is 0 Å². The molecular formula is C14H15FN2O2S. The third-order valence-corrected chi connectivity index (χ3v) is 4.57. The van der Waals surface area contributed by atoms with E-state index < -0.39 is 15.8 Å². The highest BCUT2D eigenvalue weighted by atomic mass is 32.2. The third kappa shape index (κ3) is 2.60. The molecule has 0 amide bonds. The molecule has 20 heavy (non-hydrogen) atoms. The average Bonchev–Trinajstić information content (AvgIpc) is 2.37. The standard InChI is InChI=1S/C14H15FN2O2S/c1-9-5-3-6-11(15)14(9)17-20(18,19)13-8-4-7-12(16)10(13)2/h3-8,17H,16H2,1-2H3. The first-order chi connectivity index (χ1) is 9.33. The molecule has 2 aromatic rings. The fourth-order valence-corrected chi connectivity index (χ4v) is 3.29. The number of halogens is 1. The minimum atomic E-state index is -3.88. The molecule has 2 rings (SSSR count). The number of anilines is 2. The van der Waals surface area contributed by atoms with Crippen LogP contribution in [0.2, 0.25) is 0 Å². The van der Waals surface area contributed by atoms with Crippen LogP contribution in [0.25, 0.3) is 0 Å². The molecule has 0 heterocycles. The molecule has 0 saturated carbocycles. The van der Waals surface area contributed by atoms with Crippen molar-refractivity contribution in [3.63, 3.8) is 0 Å². The van der Waals surface area contributed by atoms with Crippen molar-refractivity contribution in [2.75, 3.05) is 10.5 Å². The van der Waals surface area contributed by atoms with Crippen LogP contribution >= 0.6 is 0 Å². The zero-order chi connectivity index (χ0) is 14.9. The van der Waals surface area contributed by atoms with Gasteiger partial charge in [0.2, 0.25) is 0 Å². The van der Waals surface area contributed by atoms with Crippen LogP contribution in [-0.2, 0) is 10.0 Å². The number of nitrogens with one attached hydrogen (secondary N) is 1. The predicted octanol–water partition coefficient (Wildman–Crippen LogP) is 2.83. The second kappa shape index (κ2) is 5.13. The van der Waals surface area contributed by atoms with Crippen LogP contribution in [0.15, 0.2) is 41.3 Å². The van der Waals surface area contributed by atoms with Crippen molar-refractivity contribution in [1.82, 2.24) is 0 Å². The maximum atomic E-state index is 13.7. The van der Waals surface area contributed by atoms with Gasteiger partial charge >= 0.3 is 0 Å². The molecule has 0 saturated heterocycles. The second-order valence-electron chi connectivity index (χ2n) is 4.51. The van der Waals surface area contributed by atoms with Gasteiger partial charge in [-0.2, -0.15) is 0 Å². The fraction of sp³-hybridized carbons (Fsp3) is 0.143. The summed E-state index contributed by atoms with van der Waals surface area (Å²) in [5.41, 5.74) is 6.98. The highest BCUT2D eigenvalue weighted by Gasteiger charge is 2.20. The summed E-state index contributed by atoms with van der Waals surface area (Å²) in [6, 6.07) is 8.95. The van der Waals surface area contributed by atoms with E-state index in [0.29, 0.717) is 16.8 Å². The largest absolute Gasteiger partial charge is 0.398 e. The summed E-state index contributed by atoms with van der Waals surface area (Å²) >= 11 is 0. The number of nitrogens with two attached hydrogens (primary N) is 1. The summed E-state index contributed by atoms with van der Waals surface area (Å²) < 4.78 is 40.7. The molecule has 0 aliphatic heterocycles. The van der Waals surface area contributed by atoms with E-state index >= 15 is 0 Å². The maximum Gasteiger partial charge on any atom is 0.262 e. The quantitative estimate of drug-likeness (QED) is 0.855. The Labute approximate surface area is 117 Å². The van der Waals surface area contributed by atoms with Crippen LogP contribution in [-0.4, -0.2) is 8.42 Å². The van der Waals surface area contributed by atoms with Crippen LogP contribution in [0.3, 0.4) is 0 Å².